The minimum atomic E-state index is -0.244. The van der Waals surface area contributed by atoms with Crippen molar-refractivity contribution in [3.05, 3.63) is 28.2 Å². The first-order valence-electron chi connectivity index (χ1n) is 6.22. The number of nitrogens with one attached hydrogen (secondary N) is 1. The molecule has 19 heavy (non-hydrogen) atoms. The molecule has 0 radical (unpaired) electrons. The molecule has 5 heteroatoms. The first-order chi connectivity index (χ1) is 9.04. The Hall–Kier alpha value is -0.620. The Kier molecular flexibility index (Phi) is 6.79. The summed E-state index contributed by atoms with van der Waals surface area (Å²) in [5, 5.41) is 12.6. The lowest BCUT2D eigenvalue weighted by Crippen LogP contribution is -2.46. The van der Waals surface area contributed by atoms with E-state index in [0.29, 0.717) is 19.6 Å². The SMILES string of the molecule is COCC(C)(CCO)NCc1cc(OC)ccc1Br. The predicted molar refractivity (Wildman–Crippen MR) is 79.5 cm³/mol. The van der Waals surface area contributed by atoms with Gasteiger partial charge < -0.3 is 19.9 Å². The Bertz CT molecular complexity index is 392. The van der Waals surface area contributed by atoms with Crippen LogP contribution in [0.1, 0.15) is 18.9 Å². The average molecular weight is 332 g/mol. The quantitative estimate of drug-likeness (QED) is 0.767. The number of hydrogen-bond acceptors (Lipinski definition) is 4. The van der Waals surface area contributed by atoms with E-state index >= 15 is 0 Å². The summed E-state index contributed by atoms with van der Waals surface area (Å²) < 4.78 is 11.5. The molecule has 1 aromatic rings. The van der Waals surface area contributed by atoms with Crippen LogP contribution in [0.3, 0.4) is 0 Å². The Morgan fingerprint density at radius 3 is 2.68 bits per heavy atom. The van der Waals surface area contributed by atoms with E-state index in [9.17, 15) is 0 Å². The van der Waals surface area contributed by atoms with Crippen molar-refractivity contribution in [2.24, 2.45) is 0 Å². The molecule has 1 unspecified atom stereocenters. The number of methoxy groups -OCH3 is 2. The van der Waals surface area contributed by atoms with Gasteiger partial charge in [0.1, 0.15) is 5.75 Å². The van der Waals surface area contributed by atoms with Crippen molar-refractivity contribution in [2.75, 3.05) is 27.4 Å². The highest BCUT2D eigenvalue weighted by Crippen LogP contribution is 2.23. The summed E-state index contributed by atoms with van der Waals surface area (Å²) in [7, 11) is 3.32. The van der Waals surface area contributed by atoms with Gasteiger partial charge in [-0.1, -0.05) is 15.9 Å². The largest absolute Gasteiger partial charge is 0.497 e. The van der Waals surface area contributed by atoms with Crippen LogP contribution in [-0.4, -0.2) is 38.1 Å². The third kappa shape index (κ3) is 5.10. The minimum absolute atomic E-state index is 0.131. The highest BCUT2D eigenvalue weighted by molar-refractivity contribution is 9.10. The fourth-order valence-electron chi connectivity index (χ4n) is 1.90. The molecule has 0 fully saturated rings. The van der Waals surface area contributed by atoms with Crippen molar-refractivity contribution >= 4 is 15.9 Å². The molecule has 0 spiro atoms. The van der Waals surface area contributed by atoms with Gasteiger partial charge in [0.15, 0.2) is 0 Å². The lowest BCUT2D eigenvalue weighted by molar-refractivity contribution is 0.0969. The third-order valence-electron chi connectivity index (χ3n) is 3.08. The van der Waals surface area contributed by atoms with Crippen LogP contribution in [0.15, 0.2) is 22.7 Å². The number of rotatable bonds is 8. The third-order valence-corrected chi connectivity index (χ3v) is 3.86. The number of aliphatic hydroxyl groups is 1. The van der Waals surface area contributed by atoms with Gasteiger partial charge >= 0.3 is 0 Å². The first kappa shape index (κ1) is 16.4. The molecule has 0 amide bonds. The van der Waals surface area contributed by atoms with Crippen LogP contribution in [0.5, 0.6) is 5.75 Å². The summed E-state index contributed by atoms with van der Waals surface area (Å²) in [6.45, 7) is 3.40. The lowest BCUT2D eigenvalue weighted by atomic mass is 9.99. The van der Waals surface area contributed by atoms with E-state index in [2.05, 4.69) is 21.2 Å². The Morgan fingerprint density at radius 2 is 2.11 bits per heavy atom. The molecular formula is C14H22BrNO3. The van der Waals surface area contributed by atoms with Crippen molar-refractivity contribution in [3.8, 4) is 5.75 Å². The summed E-state index contributed by atoms with van der Waals surface area (Å²) >= 11 is 3.53. The highest BCUT2D eigenvalue weighted by atomic mass is 79.9. The second-order valence-electron chi connectivity index (χ2n) is 4.78. The zero-order chi connectivity index (χ0) is 14.3. The molecule has 0 aliphatic heterocycles. The van der Waals surface area contributed by atoms with Gasteiger partial charge in [-0.15, -0.1) is 0 Å². The van der Waals surface area contributed by atoms with E-state index < -0.39 is 0 Å². The number of benzene rings is 1. The van der Waals surface area contributed by atoms with Crippen LogP contribution in [-0.2, 0) is 11.3 Å². The second kappa shape index (κ2) is 7.85. The molecule has 0 aromatic heterocycles. The van der Waals surface area contributed by atoms with Crippen LogP contribution in [0.25, 0.3) is 0 Å². The monoisotopic (exact) mass is 331 g/mol. The van der Waals surface area contributed by atoms with Gasteiger partial charge in [0.2, 0.25) is 0 Å². The maximum atomic E-state index is 9.14. The van der Waals surface area contributed by atoms with Crippen molar-refractivity contribution in [1.82, 2.24) is 5.32 Å². The molecule has 108 valence electrons. The smallest absolute Gasteiger partial charge is 0.119 e. The highest BCUT2D eigenvalue weighted by Gasteiger charge is 2.23. The van der Waals surface area contributed by atoms with Crippen molar-refractivity contribution in [3.63, 3.8) is 0 Å². The number of ether oxygens (including phenoxy) is 2. The van der Waals surface area contributed by atoms with Crippen molar-refractivity contribution in [2.45, 2.75) is 25.4 Å². The fourth-order valence-corrected chi connectivity index (χ4v) is 2.29. The fraction of sp³-hybridized carbons (Fsp3) is 0.571. The maximum Gasteiger partial charge on any atom is 0.119 e. The first-order valence-corrected chi connectivity index (χ1v) is 7.01. The zero-order valence-electron chi connectivity index (χ0n) is 11.7. The van der Waals surface area contributed by atoms with Gasteiger partial charge in [-0.2, -0.15) is 0 Å². The van der Waals surface area contributed by atoms with E-state index in [0.717, 1.165) is 15.8 Å². The number of aliphatic hydroxyl groups excluding tert-OH is 1. The summed E-state index contributed by atoms with van der Waals surface area (Å²) in [5.41, 5.74) is 0.867. The summed E-state index contributed by atoms with van der Waals surface area (Å²) in [6.07, 6.45) is 0.641. The van der Waals surface area contributed by atoms with E-state index in [1.54, 1.807) is 14.2 Å². The lowest BCUT2D eigenvalue weighted by Gasteiger charge is -2.30. The van der Waals surface area contributed by atoms with Gasteiger partial charge in [0.05, 0.1) is 13.7 Å². The molecule has 4 nitrogen and oxygen atoms in total. The summed E-state index contributed by atoms with van der Waals surface area (Å²) in [6, 6.07) is 5.87. The van der Waals surface area contributed by atoms with Crippen LogP contribution in [0.4, 0.5) is 0 Å². The standard InChI is InChI=1S/C14H22BrNO3/c1-14(6-7-17,10-18-2)16-9-11-8-12(19-3)4-5-13(11)15/h4-5,8,16-17H,6-7,9-10H2,1-3H3. The Morgan fingerprint density at radius 1 is 1.37 bits per heavy atom. The zero-order valence-corrected chi connectivity index (χ0v) is 13.3. The molecule has 1 atom stereocenters. The molecule has 2 N–H and O–H groups in total. The molecule has 0 heterocycles. The second-order valence-corrected chi connectivity index (χ2v) is 5.63. The van der Waals surface area contributed by atoms with E-state index in [-0.39, 0.29) is 12.1 Å². The predicted octanol–water partition coefficient (Wildman–Crippen LogP) is 2.33. The van der Waals surface area contributed by atoms with Gasteiger partial charge in [0, 0.05) is 30.3 Å². The molecular weight excluding hydrogens is 310 g/mol. The van der Waals surface area contributed by atoms with E-state index in [1.165, 1.54) is 0 Å². The van der Waals surface area contributed by atoms with Gasteiger partial charge in [-0.05, 0) is 37.1 Å². The molecule has 0 saturated heterocycles. The van der Waals surface area contributed by atoms with Crippen molar-refractivity contribution in [1.29, 1.82) is 0 Å². The summed E-state index contributed by atoms with van der Waals surface area (Å²) in [4.78, 5) is 0. The van der Waals surface area contributed by atoms with Crippen LogP contribution in [0.2, 0.25) is 0 Å². The van der Waals surface area contributed by atoms with Gasteiger partial charge in [-0.25, -0.2) is 0 Å². The van der Waals surface area contributed by atoms with Crippen LogP contribution >= 0.6 is 15.9 Å². The van der Waals surface area contributed by atoms with E-state index in [1.807, 2.05) is 25.1 Å². The molecule has 0 bridgehead atoms. The maximum absolute atomic E-state index is 9.14. The van der Waals surface area contributed by atoms with Crippen LogP contribution < -0.4 is 10.1 Å². The van der Waals surface area contributed by atoms with Gasteiger partial charge in [0.25, 0.3) is 0 Å². The summed E-state index contributed by atoms with van der Waals surface area (Å²) in [5.74, 6) is 0.829. The number of hydrogen-bond donors (Lipinski definition) is 2. The molecule has 1 aromatic carbocycles. The average Bonchev–Trinajstić information content (AvgIpc) is 2.38. The molecule has 0 aliphatic rings. The Labute approximate surface area is 123 Å². The Balaban J connectivity index is 2.73. The van der Waals surface area contributed by atoms with Crippen LogP contribution in [0, 0.1) is 0 Å². The normalized spacial score (nSPS) is 14.2. The molecule has 0 aliphatic carbocycles. The van der Waals surface area contributed by atoms with Gasteiger partial charge in [-0.3, -0.25) is 0 Å². The number of halogens is 1. The van der Waals surface area contributed by atoms with Crippen molar-refractivity contribution < 1.29 is 14.6 Å². The molecule has 1 rings (SSSR count). The topological polar surface area (TPSA) is 50.7 Å². The van der Waals surface area contributed by atoms with E-state index in [4.69, 9.17) is 14.6 Å². The molecule has 0 saturated carbocycles. The minimum Gasteiger partial charge on any atom is -0.497 e.